The van der Waals surface area contributed by atoms with E-state index >= 15 is 0 Å². The Morgan fingerprint density at radius 2 is 2.05 bits per heavy atom. The third kappa shape index (κ3) is 2.21. The van der Waals surface area contributed by atoms with Gasteiger partial charge in [-0.3, -0.25) is 14.3 Å². The molecule has 3 rings (SSSR count). The molecule has 2 aromatic heterocycles. The van der Waals surface area contributed by atoms with Gasteiger partial charge in [0.1, 0.15) is 5.82 Å². The van der Waals surface area contributed by atoms with Crippen molar-refractivity contribution in [2.24, 2.45) is 5.73 Å². The van der Waals surface area contributed by atoms with Crippen molar-refractivity contribution < 1.29 is 0 Å². The molecule has 1 aromatic carbocycles. The molecule has 0 saturated heterocycles. The van der Waals surface area contributed by atoms with Gasteiger partial charge in [-0.15, -0.1) is 0 Å². The number of aryl methyl sites for hydroxylation is 1. The van der Waals surface area contributed by atoms with Crippen LogP contribution in [-0.2, 0) is 0 Å². The molecule has 1 atom stereocenters. The zero-order chi connectivity index (χ0) is 15.0. The minimum Gasteiger partial charge on any atom is -0.322 e. The van der Waals surface area contributed by atoms with Crippen LogP contribution < -0.4 is 11.3 Å². The third-order valence-corrected chi connectivity index (χ3v) is 3.44. The highest BCUT2D eigenvalue weighted by molar-refractivity contribution is 5.81. The highest BCUT2D eigenvalue weighted by atomic mass is 16.1. The largest absolute Gasteiger partial charge is 0.322 e. The second-order valence-electron chi connectivity index (χ2n) is 5.08. The Balaban J connectivity index is 2.47. The van der Waals surface area contributed by atoms with E-state index in [0.29, 0.717) is 22.4 Å². The lowest BCUT2D eigenvalue weighted by molar-refractivity contribution is 0.695. The fourth-order valence-corrected chi connectivity index (χ4v) is 2.45. The minimum atomic E-state index is -0.359. The lowest BCUT2D eigenvalue weighted by Crippen LogP contribution is -2.28. The maximum absolute atomic E-state index is 12.9. The molecule has 2 heterocycles. The van der Waals surface area contributed by atoms with Gasteiger partial charge in [-0.25, -0.2) is 4.98 Å². The number of nitrogens with zero attached hydrogens (tertiary/aromatic N) is 3. The van der Waals surface area contributed by atoms with E-state index in [9.17, 15) is 4.79 Å². The molecule has 0 bridgehead atoms. The molecule has 2 N–H and O–H groups in total. The summed E-state index contributed by atoms with van der Waals surface area (Å²) in [5.41, 5.74) is 8.14. The van der Waals surface area contributed by atoms with E-state index < -0.39 is 0 Å². The van der Waals surface area contributed by atoms with E-state index in [4.69, 9.17) is 5.73 Å². The number of hydrogen-bond acceptors (Lipinski definition) is 4. The number of rotatable bonds is 2. The van der Waals surface area contributed by atoms with E-state index in [0.717, 1.165) is 5.56 Å². The number of aromatic nitrogens is 3. The standard InChI is InChI=1S/C16H16N4O/c1-10-5-3-7-13-14(10)16(21)20(15(19-13)11(2)17)12-6-4-8-18-9-12/h3-9,11H,17H2,1-2H3. The number of nitrogens with two attached hydrogens (primary N) is 1. The van der Waals surface area contributed by atoms with Gasteiger partial charge in [0, 0.05) is 6.20 Å². The summed E-state index contributed by atoms with van der Waals surface area (Å²) >= 11 is 0. The van der Waals surface area contributed by atoms with Crippen LogP contribution in [0.25, 0.3) is 16.6 Å². The van der Waals surface area contributed by atoms with Crippen LogP contribution in [0.2, 0.25) is 0 Å². The van der Waals surface area contributed by atoms with Crippen LogP contribution in [0.4, 0.5) is 0 Å². The lowest BCUT2D eigenvalue weighted by atomic mass is 10.1. The first-order chi connectivity index (χ1) is 10.1. The van der Waals surface area contributed by atoms with Gasteiger partial charge in [-0.2, -0.15) is 0 Å². The Hall–Kier alpha value is -2.53. The van der Waals surface area contributed by atoms with Gasteiger partial charge < -0.3 is 5.73 Å². The van der Waals surface area contributed by atoms with Crippen molar-refractivity contribution in [3.8, 4) is 5.69 Å². The second-order valence-corrected chi connectivity index (χ2v) is 5.08. The van der Waals surface area contributed by atoms with Crippen LogP contribution in [0.15, 0.2) is 47.5 Å². The molecule has 21 heavy (non-hydrogen) atoms. The summed E-state index contributed by atoms with van der Waals surface area (Å²) in [6.07, 6.45) is 3.30. The molecule has 0 saturated carbocycles. The second kappa shape index (κ2) is 5.10. The van der Waals surface area contributed by atoms with Crippen molar-refractivity contribution in [2.75, 3.05) is 0 Å². The molecule has 5 heteroatoms. The van der Waals surface area contributed by atoms with Crippen LogP contribution in [0.3, 0.4) is 0 Å². The monoisotopic (exact) mass is 280 g/mol. The summed E-state index contributed by atoms with van der Waals surface area (Å²) in [6, 6.07) is 8.89. The van der Waals surface area contributed by atoms with Gasteiger partial charge in [-0.05, 0) is 37.6 Å². The van der Waals surface area contributed by atoms with Gasteiger partial charge in [-0.1, -0.05) is 12.1 Å². The van der Waals surface area contributed by atoms with E-state index in [-0.39, 0.29) is 11.6 Å². The average Bonchev–Trinajstić information content (AvgIpc) is 2.47. The first-order valence-corrected chi connectivity index (χ1v) is 6.78. The van der Waals surface area contributed by atoms with E-state index in [1.54, 1.807) is 23.0 Å². The van der Waals surface area contributed by atoms with E-state index in [2.05, 4.69) is 9.97 Å². The Morgan fingerprint density at radius 1 is 1.24 bits per heavy atom. The smallest absolute Gasteiger partial charge is 0.266 e. The Labute approximate surface area is 122 Å². The molecule has 5 nitrogen and oxygen atoms in total. The quantitative estimate of drug-likeness (QED) is 0.780. The molecule has 0 spiro atoms. The van der Waals surface area contributed by atoms with Crippen LogP contribution in [0.5, 0.6) is 0 Å². The van der Waals surface area contributed by atoms with Crippen molar-refractivity contribution >= 4 is 10.9 Å². The molecule has 0 fully saturated rings. The highest BCUT2D eigenvalue weighted by Crippen LogP contribution is 2.18. The molecule has 0 aliphatic heterocycles. The molecular formula is C16H16N4O. The summed E-state index contributed by atoms with van der Waals surface area (Å²) in [5, 5.41) is 0.616. The zero-order valence-corrected chi connectivity index (χ0v) is 11.9. The summed E-state index contributed by atoms with van der Waals surface area (Å²) < 4.78 is 1.55. The van der Waals surface area contributed by atoms with Crippen molar-refractivity contribution in [1.29, 1.82) is 0 Å². The molecule has 3 aromatic rings. The number of fused-ring (bicyclic) bond motifs is 1. The average molecular weight is 280 g/mol. The first kappa shape index (κ1) is 13.5. The molecule has 1 unspecified atom stereocenters. The van der Waals surface area contributed by atoms with E-state index in [1.165, 1.54) is 0 Å². The number of pyridine rings is 1. The minimum absolute atomic E-state index is 0.113. The Kier molecular flexibility index (Phi) is 3.27. The Bertz CT molecular complexity index is 853. The topological polar surface area (TPSA) is 73.8 Å². The van der Waals surface area contributed by atoms with Gasteiger partial charge in [0.15, 0.2) is 0 Å². The van der Waals surface area contributed by atoms with Gasteiger partial charge in [0.2, 0.25) is 0 Å². The van der Waals surface area contributed by atoms with Crippen molar-refractivity contribution in [3.63, 3.8) is 0 Å². The molecular weight excluding hydrogens is 264 g/mol. The summed E-state index contributed by atoms with van der Waals surface area (Å²) in [4.78, 5) is 21.6. The van der Waals surface area contributed by atoms with Crippen LogP contribution >= 0.6 is 0 Å². The van der Waals surface area contributed by atoms with Gasteiger partial charge >= 0.3 is 0 Å². The Morgan fingerprint density at radius 3 is 2.71 bits per heavy atom. The predicted molar refractivity (Wildman–Crippen MR) is 82.5 cm³/mol. The van der Waals surface area contributed by atoms with Gasteiger partial charge in [0.25, 0.3) is 5.56 Å². The van der Waals surface area contributed by atoms with E-state index in [1.807, 2.05) is 38.1 Å². The molecule has 0 aliphatic rings. The molecule has 0 amide bonds. The van der Waals surface area contributed by atoms with Crippen LogP contribution in [0, 0.1) is 6.92 Å². The molecule has 0 aliphatic carbocycles. The predicted octanol–water partition coefficient (Wildman–Crippen LogP) is 2.11. The molecule has 106 valence electrons. The first-order valence-electron chi connectivity index (χ1n) is 6.78. The summed E-state index contributed by atoms with van der Waals surface area (Å²) in [5.74, 6) is 0.533. The normalized spacial score (nSPS) is 12.5. The van der Waals surface area contributed by atoms with Gasteiger partial charge in [0.05, 0.1) is 28.8 Å². The van der Waals surface area contributed by atoms with Crippen molar-refractivity contribution in [1.82, 2.24) is 14.5 Å². The highest BCUT2D eigenvalue weighted by Gasteiger charge is 2.16. The summed E-state index contributed by atoms with van der Waals surface area (Å²) in [6.45, 7) is 3.72. The zero-order valence-electron chi connectivity index (χ0n) is 11.9. The maximum atomic E-state index is 12.9. The van der Waals surface area contributed by atoms with Crippen molar-refractivity contribution in [3.05, 3.63) is 64.5 Å². The van der Waals surface area contributed by atoms with Crippen LogP contribution in [-0.4, -0.2) is 14.5 Å². The van der Waals surface area contributed by atoms with Crippen LogP contribution in [0.1, 0.15) is 24.4 Å². The summed E-state index contributed by atoms with van der Waals surface area (Å²) in [7, 11) is 0. The molecule has 0 radical (unpaired) electrons. The fourth-order valence-electron chi connectivity index (χ4n) is 2.45. The number of benzene rings is 1. The lowest BCUT2D eigenvalue weighted by Gasteiger charge is -2.16. The SMILES string of the molecule is Cc1cccc2nc(C(C)N)n(-c3cccnc3)c(=O)c12. The fraction of sp³-hybridized carbons (Fsp3) is 0.188. The third-order valence-electron chi connectivity index (χ3n) is 3.44. The van der Waals surface area contributed by atoms with Crippen molar-refractivity contribution in [2.45, 2.75) is 19.9 Å². The number of hydrogen-bond donors (Lipinski definition) is 1. The maximum Gasteiger partial charge on any atom is 0.266 e.